The Morgan fingerprint density at radius 1 is 1.33 bits per heavy atom. The molecule has 3 heteroatoms. The lowest BCUT2D eigenvalue weighted by molar-refractivity contribution is 0.249. The molecule has 1 aromatic carbocycles. The van der Waals surface area contributed by atoms with Crippen LogP contribution < -0.4 is 10.1 Å². The Labute approximate surface area is 136 Å². The van der Waals surface area contributed by atoms with E-state index in [2.05, 4.69) is 40.3 Å². The quantitative estimate of drug-likeness (QED) is 0.819. The predicted octanol–water partition coefficient (Wildman–Crippen LogP) is 4.41. The van der Waals surface area contributed by atoms with Crippen molar-refractivity contribution in [1.29, 1.82) is 0 Å². The van der Waals surface area contributed by atoms with Gasteiger partial charge in [-0.1, -0.05) is 29.3 Å². The second-order valence-electron chi connectivity index (χ2n) is 6.66. The lowest BCUT2D eigenvalue weighted by Crippen LogP contribution is -2.40. The van der Waals surface area contributed by atoms with E-state index >= 15 is 0 Å². The molecule has 4 atom stereocenters. The zero-order chi connectivity index (χ0) is 14.8. The van der Waals surface area contributed by atoms with Gasteiger partial charge in [-0.05, 0) is 73.7 Å². The second-order valence-corrected chi connectivity index (χ2v) is 7.52. The van der Waals surface area contributed by atoms with E-state index in [1.807, 2.05) is 6.07 Å². The standard InChI is InChI=1S/C18H26BrNO/c1-3-20-18(16-9-12-4-5-13(16)8-12)11-14-10-15(21-2)6-7-17(14)19/h6-7,10,12-13,16,18,20H,3-5,8-9,11H2,1-2H3. The van der Waals surface area contributed by atoms with Gasteiger partial charge in [-0.2, -0.15) is 0 Å². The molecule has 0 amide bonds. The SMILES string of the molecule is CCNC(Cc1cc(OC)ccc1Br)C1CC2CCC1C2. The molecule has 0 saturated heterocycles. The molecule has 0 aromatic heterocycles. The summed E-state index contributed by atoms with van der Waals surface area (Å²) in [6.45, 7) is 3.28. The zero-order valence-electron chi connectivity index (χ0n) is 13.1. The van der Waals surface area contributed by atoms with Crippen LogP contribution in [0.3, 0.4) is 0 Å². The van der Waals surface area contributed by atoms with Gasteiger partial charge in [-0.3, -0.25) is 0 Å². The van der Waals surface area contributed by atoms with Gasteiger partial charge in [0.05, 0.1) is 7.11 Å². The van der Waals surface area contributed by atoms with Gasteiger partial charge in [0.15, 0.2) is 0 Å². The maximum atomic E-state index is 5.38. The fourth-order valence-electron chi connectivity index (χ4n) is 4.50. The lowest BCUT2D eigenvalue weighted by atomic mass is 9.81. The summed E-state index contributed by atoms with van der Waals surface area (Å²) in [6.07, 6.45) is 6.94. The molecule has 116 valence electrons. The molecule has 21 heavy (non-hydrogen) atoms. The molecule has 0 spiro atoms. The Kier molecular flexibility index (Phi) is 4.90. The van der Waals surface area contributed by atoms with Crippen LogP contribution in [0.5, 0.6) is 5.75 Å². The van der Waals surface area contributed by atoms with Gasteiger partial charge in [-0.15, -0.1) is 0 Å². The Hall–Kier alpha value is -0.540. The maximum Gasteiger partial charge on any atom is 0.119 e. The van der Waals surface area contributed by atoms with Crippen molar-refractivity contribution in [3.8, 4) is 5.75 Å². The van der Waals surface area contributed by atoms with Gasteiger partial charge in [-0.25, -0.2) is 0 Å². The van der Waals surface area contributed by atoms with E-state index in [0.717, 1.165) is 36.5 Å². The summed E-state index contributed by atoms with van der Waals surface area (Å²) in [7, 11) is 1.74. The van der Waals surface area contributed by atoms with E-state index in [-0.39, 0.29) is 0 Å². The highest BCUT2D eigenvalue weighted by atomic mass is 79.9. The van der Waals surface area contributed by atoms with E-state index in [4.69, 9.17) is 4.74 Å². The number of halogens is 1. The van der Waals surface area contributed by atoms with Crippen molar-refractivity contribution < 1.29 is 4.74 Å². The monoisotopic (exact) mass is 351 g/mol. The molecule has 0 aliphatic heterocycles. The first kappa shape index (κ1) is 15.4. The Morgan fingerprint density at radius 2 is 2.19 bits per heavy atom. The number of benzene rings is 1. The van der Waals surface area contributed by atoms with Gasteiger partial charge in [0, 0.05) is 10.5 Å². The van der Waals surface area contributed by atoms with Gasteiger partial charge >= 0.3 is 0 Å². The molecule has 2 nitrogen and oxygen atoms in total. The van der Waals surface area contributed by atoms with Gasteiger partial charge in [0.1, 0.15) is 5.75 Å². The summed E-state index contributed by atoms with van der Waals surface area (Å²) in [5, 5.41) is 3.76. The largest absolute Gasteiger partial charge is 0.497 e. The van der Waals surface area contributed by atoms with Gasteiger partial charge in [0.25, 0.3) is 0 Å². The molecule has 4 unspecified atom stereocenters. The molecule has 0 heterocycles. The van der Waals surface area contributed by atoms with Crippen molar-refractivity contribution in [2.45, 2.75) is 45.1 Å². The molecular weight excluding hydrogens is 326 g/mol. The van der Waals surface area contributed by atoms with E-state index in [1.165, 1.54) is 35.7 Å². The summed E-state index contributed by atoms with van der Waals surface area (Å²) < 4.78 is 6.59. The van der Waals surface area contributed by atoms with Crippen molar-refractivity contribution in [3.05, 3.63) is 28.2 Å². The van der Waals surface area contributed by atoms with Crippen molar-refractivity contribution in [1.82, 2.24) is 5.32 Å². The number of rotatable bonds is 6. The molecular formula is C18H26BrNO. The summed E-state index contributed by atoms with van der Waals surface area (Å²) >= 11 is 3.71. The smallest absolute Gasteiger partial charge is 0.119 e. The molecule has 2 saturated carbocycles. The maximum absolute atomic E-state index is 5.38. The third-order valence-electron chi connectivity index (χ3n) is 5.47. The zero-order valence-corrected chi connectivity index (χ0v) is 14.7. The van der Waals surface area contributed by atoms with E-state index < -0.39 is 0 Å². The lowest BCUT2D eigenvalue weighted by Gasteiger charge is -2.31. The van der Waals surface area contributed by atoms with Crippen molar-refractivity contribution in [2.75, 3.05) is 13.7 Å². The van der Waals surface area contributed by atoms with Crippen LogP contribution in [0.25, 0.3) is 0 Å². The molecule has 1 N–H and O–H groups in total. The van der Waals surface area contributed by atoms with Crippen molar-refractivity contribution in [3.63, 3.8) is 0 Å². The van der Waals surface area contributed by atoms with Gasteiger partial charge < -0.3 is 10.1 Å². The minimum absolute atomic E-state index is 0.605. The molecule has 0 radical (unpaired) electrons. The van der Waals surface area contributed by atoms with Crippen molar-refractivity contribution >= 4 is 15.9 Å². The first-order valence-corrected chi connectivity index (χ1v) is 9.06. The van der Waals surface area contributed by atoms with E-state index in [1.54, 1.807) is 7.11 Å². The number of ether oxygens (including phenoxy) is 1. The highest BCUT2D eigenvalue weighted by Gasteiger charge is 2.42. The van der Waals surface area contributed by atoms with Crippen LogP contribution in [-0.4, -0.2) is 19.7 Å². The van der Waals surface area contributed by atoms with E-state index in [9.17, 15) is 0 Å². The van der Waals surface area contributed by atoms with Crippen LogP contribution >= 0.6 is 15.9 Å². The highest BCUT2D eigenvalue weighted by molar-refractivity contribution is 9.10. The third kappa shape index (κ3) is 3.29. The highest BCUT2D eigenvalue weighted by Crippen LogP contribution is 2.50. The van der Waals surface area contributed by atoms with Crippen LogP contribution in [0.1, 0.15) is 38.2 Å². The molecule has 2 fully saturated rings. The van der Waals surface area contributed by atoms with Crippen molar-refractivity contribution in [2.24, 2.45) is 17.8 Å². The fraction of sp³-hybridized carbons (Fsp3) is 0.667. The third-order valence-corrected chi connectivity index (χ3v) is 6.24. The number of likely N-dealkylation sites (N-methyl/N-ethyl adjacent to an activating group) is 1. The van der Waals surface area contributed by atoms with Crippen LogP contribution in [-0.2, 0) is 6.42 Å². The molecule has 3 rings (SSSR count). The minimum Gasteiger partial charge on any atom is -0.497 e. The molecule has 2 aliphatic carbocycles. The summed E-state index contributed by atoms with van der Waals surface area (Å²) in [6, 6.07) is 6.92. The summed E-state index contributed by atoms with van der Waals surface area (Å²) in [5.41, 5.74) is 1.36. The Morgan fingerprint density at radius 3 is 2.81 bits per heavy atom. The fourth-order valence-corrected chi connectivity index (χ4v) is 4.90. The first-order chi connectivity index (χ1) is 10.2. The Bertz CT molecular complexity index is 490. The summed E-state index contributed by atoms with van der Waals surface area (Å²) in [4.78, 5) is 0. The number of nitrogens with one attached hydrogen (secondary N) is 1. The average molecular weight is 352 g/mol. The number of hydrogen-bond donors (Lipinski definition) is 1. The number of fused-ring (bicyclic) bond motifs is 2. The van der Waals surface area contributed by atoms with Crippen LogP contribution in [0, 0.1) is 17.8 Å². The average Bonchev–Trinajstić information content (AvgIpc) is 3.11. The number of hydrogen-bond acceptors (Lipinski definition) is 2. The van der Waals surface area contributed by atoms with Crippen LogP contribution in [0.4, 0.5) is 0 Å². The Balaban J connectivity index is 1.76. The molecule has 2 bridgehead atoms. The summed E-state index contributed by atoms with van der Waals surface area (Å²) in [5.74, 6) is 3.79. The van der Waals surface area contributed by atoms with Gasteiger partial charge in [0.2, 0.25) is 0 Å². The number of methoxy groups -OCH3 is 1. The molecule has 2 aliphatic rings. The second kappa shape index (κ2) is 6.70. The van der Waals surface area contributed by atoms with Crippen LogP contribution in [0.15, 0.2) is 22.7 Å². The van der Waals surface area contributed by atoms with E-state index in [0.29, 0.717) is 6.04 Å². The topological polar surface area (TPSA) is 21.3 Å². The predicted molar refractivity (Wildman–Crippen MR) is 90.8 cm³/mol. The molecule has 1 aromatic rings. The minimum atomic E-state index is 0.605. The first-order valence-electron chi connectivity index (χ1n) is 8.27. The van der Waals surface area contributed by atoms with Crippen LogP contribution in [0.2, 0.25) is 0 Å². The normalized spacial score (nSPS) is 28.8.